The van der Waals surface area contributed by atoms with E-state index in [0.29, 0.717) is 13.2 Å². The molecule has 0 bridgehead atoms. The first-order valence-electron chi connectivity index (χ1n) is 7.88. The number of unbranched alkanes of at least 4 members (excludes halogenated alkanes) is 5. The summed E-state index contributed by atoms with van der Waals surface area (Å²) in [6.07, 6.45) is 7.53. The first kappa shape index (κ1) is 16.4. The van der Waals surface area contributed by atoms with Gasteiger partial charge in [-0.15, -0.1) is 0 Å². The molecule has 4 heteroatoms. The maximum atomic E-state index is 12.0. The zero-order valence-corrected chi connectivity index (χ0v) is 12.5. The summed E-state index contributed by atoms with van der Waals surface area (Å²) in [6, 6.07) is 0.189. The van der Waals surface area contributed by atoms with E-state index in [-0.39, 0.29) is 17.9 Å². The normalized spacial score (nSPS) is 22.6. The number of carbonyl (C=O) groups is 1. The largest absolute Gasteiger partial charge is 0.379 e. The Balaban J connectivity index is 2.07. The van der Waals surface area contributed by atoms with Gasteiger partial charge in [-0.2, -0.15) is 0 Å². The molecular formula is C15H30N2O2. The fourth-order valence-electron chi connectivity index (χ4n) is 2.52. The predicted octanol–water partition coefficient (Wildman–Crippen LogP) is 2.09. The summed E-state index contributed by atoms with van der Waals surface area (Å²) in [4.78, 5) is 12.0. The van der Waals surface area contributed by atoms with Crippen LogP contribution in [0.5, 0.6) is 0 Å². The minimum absolute atomic E-state index is 0.0139. The van der Waals surface area contributed by atoms with Crippen LogP contribution in [0.15, 0.2) is 0 Å². The Bertz CT molecular complexity index is 246. The van der Waals surface area contributed by atoms with Crippen molar-refractivity contribution in [2.75, 3.05) is 26.3 Å². The SMILES string of the molecule is CCCCCCCCNC(=O)C1COCC1NCC. The number of carbonyl (C=O) groups excluding carboxylic acids is 1. The van der Waals surface area contributed by atoms with Crippen molar-refractivity contribution in [3.63, 3.8) is 0 Å². The molecule has 1 saturated heterocycles. The van der Waals surface area contributed by atoms with Crippen LogP contribution >= 0.6 is 0 Å². The predicted molar refractivity (Wildman–Crippen MR) is 78.2 cm³/mol. The molecule has 2 atom stereocenters. The summed E-state index contributed by atoms with van der Waals surface area (Å²) in [5.41, 5.74) is 0. The van der Waals surface area contributed by atoms with Gasteiger partial charge in [0.05, 0.1) is 19.1 Å². The molecule has 0 radical (unpaired) electrons. The molecule has 0 aromatic carbocycles. The van der Waals surface area contributed by atoms with Gasteiger partial charge in [0, 0.05) is 12.6 Å². The quantitative estimate of drug-likeness (QED) is 0.598. The van der Waals surface area contributed by atoms with E-state index in [1.165, 1.54) is 32.1 Å². The molecule has 1 aliphatic heterocycles. The van der Waals surface area contributed by atoms with E-state index in [9.17, 15) is 4.79 Å². The van der Waals surface area contributed by atoms with Crippen LogP contribution in [0.1, 0.15) is 52.4 Å². The zero-order chi connectivity index (χ0) is 13.9. The van der Waals surface area contributed by atoms with Gasteiger partial charge in [-0.25, -0.2) is 0 Å². The Kier molecular flexibility index (Phi) is 8.84. The monoisotopic (exact) mass is 270 g/mol. The minimum atomic E-state index is -0.0139. The molecule has 0 aliphatic carbocycles. The van der Waals surface area contributed by atoms with Gasteiger partial charge >= 0.3 is 0 Å². The molecule has 1 heterocycles. The van der Waals surface area contributed by atoms with Crippen LogP contribution in [0.4, 0.5) is 0 Å². The maximum absolute atomic E-state index is 12.0. The molecular weight excluding hydrogens is 240 g/mol. The van der Waals surface area contributed by atoms with Crippen LogP contribution in [0.3, 0.4) is 0 Å². The highest BCUT2D eigenvalue weighted by atomic mass is 16.5. The van der Waals surface area contributed by atoms with Crippen LogP contribution in [0.2, 0.25) is 0 Å². The first-order chi connectivity index (χ1) is 9.29. The number of amides is 1. The van der Waals surface area contributed by atoms with E-state index < -0.39 is 0 Å². The van der Waals surface area contributed by atoms with Crippen LogP contribution in [-0.4, -0.2) is 38.3 Å². The third kappa shape index (κ3) is 6.39. The summed E-state index contributed by atoms with van der Waals surface area (Å²) < 4.78 is 5.39. The molecule has 0 spiro atoms. The number of nitrogens with one attached hydrogen (secondary N) is 2. The van der Waals surface area contributed by atoms with Gasteiger partial charge in [0.15, 0.2) is 0 Å². The highest BCUT2D eigenvalue weighted by molar-refractivity contribution is 5.79. The van der Waals surface area contributed by atoms with E-state index in [2.05, 4.69) is 24.5 Å². The smallest absolute Gasteiger partial charge is 0.227 e. The van der Waals surface area contributed by atoms with Gasteiger partial charge in [-0.1, -0.05) is 46.0 Å². The molecule has 0 aromatic rings. The van der Waals surface area contributed by atoms with Crippen molar-refractivity contribution in [1.82, 2.24) is 10.6 Å². The van der Waals surface area contributed by atoms with Crippen molar-refractivity contribution in [3.05, 3.63) is 0 Å². The Morgan fingerprint density at radius 2 is 1.84 bits per heavy atom. The molecule has 0 saturated carbocycles. The Morgan fingerprint density at radius 3 is 2.58 bits per heavy atom. The lowest BCUT2D eigenvalue weighted by molar-refractivity contribution is -0.125. The highest BCUT2D eigenvalue weighted by Crippen LogP contribution is 2.13. The summed E-state index contributed by atoms with van der Waals surface area (Å²) in [6.45, 7) is 7.19. The molecule has 1 aliphatic rings. The number of rotatable bonds is 10. The average molecular weight is 270 g/mol. The van der Waals surface area contributed by atoms with Gasteiger partial charge < -0.3 is 15.4 Å². The highest BCUT2D eigenvalue weighted by Gasteiger charge is 2.32. The standard InChI is InChI=1S/C15H30N2O2/c1-3-5-6-7-8-9-10-17-15(18)13-11-19-12-14(13)16-4-2/h13-14,16H,3-12H2,1-2H3,(H,17,18). The third-order valence-electron chi connectivity index (χ3n) is 3.71. The van der Waals surface area contributed by atoms with Crippen molar-refractivity contribution in [1.29, 1.82) is 0 Å². The fraction of sp³-hybridized carbons (Fsp3) is 0.933. The van der Waals surface area contributed by atoms with E-state index in [1.54, 1.807) is 0 Å². The second-order valence-corrected chi connectivity index (χ2v) is 5.37. The molecule has 2 N–H and O–H groups in total. The summed E-state index contributed by atoms with van der Waals surface area (Å²) in [7, 11) is 0. The second kappa shape index (κ2) is 10.2. The van der Waals surface area contributed by atoms with E-state index in [4.69, 9.17) is 4.74 Å². The van der Waals surface area contributed by atoms with E-state index in [1.807, 2.05) is 0 Å². The van der Waals surface area contributed by atoms with Crippen molar-refractivity contribution in [2.45, 2.75) is 58.4 Å². The molecule has 2 unspecified atom stereocenters. The lowest BCUT2D eigenvalue weighted by Gasteiger charge is -2.17. The molecule has 0 aromatic heterocycles. The minimum Gasteiger partial charge on any atom is -0.379 e. The lowest BCUT2D eigenvalue weighted by Crippen LogP contribution is -2.44. The molecule has 4 nitrogen and oxygen atoms in total. The van der Waals surface area contributed by atoms with Crippen molar-refractivity contribution in [2.24, 2.45) is 5.92 Å². The number of likely N-dealkylation sites (N-methyl/N-ethyl adjacent to an activating group) is 1. The van der Waals surface area contributed by atoms with E-state index in [0.717, 1.165) is 19.5 Å². The Hall–Kier alpha value is -0.610. The number of ether oxygens (including phenoxy) is 1. The molecule has 1 fully saturated rings. The summed E-state index contributed by atoms with van der Waals surface area (Å²) in [5.74, 6) is 0.136. The molecule has 1 rings (SSSR count). The Labute approximate surface area is 117 Å². The van der Waals surface area contributed by atoms with Gasteiger partial charge in [-0.05, 0) is 13.0 Å². The van der Waals surface area contributed by atoms with Gasteiger partial charge in [0.1, 0.15) is 0 Å². The molecule has 112 valence electrons. The number of hydrogen-bond donors (Lipinski definition) is 2. The first-order valence-corrected chi connectivity index (χ1v) is 7.88. The zero-order valence-electron chi connectivity index (χ0n) is 12.5. The molecule has 1 amide bonds. The van der Waals surface area contributed by atoms with E-state index >= 15 is 0 Å². The van der Waals surface area contributed by atoms with Gasteiger partial charge in [0.25, 0.3) is 0 Å². The van der Waals surface area contributed by atoms with Crippen LogP contribution in [0, 0.1) is 5.92 Å². The summed E-state index contributed by atoms with van der Waals surface area (Å²) >= 11 is 0. The van der Waals surface area contributed by atoms with Gasteiger partial charge in [0.2, 0.25) is 5.91 Å². The van der Waals surface area contributed by atoms with Crippen molar-refractivity contribution < 1.29 is 9.53 Å². The Morgan fingerprint density at radius 1 is 1.11 bits per heavy atom. The number of hydrogen-bond acceptors (Lipinski definition) is 3. The van der Waals surface area contributed by atoms with Crippen LogP contribution < -0.4 is 10.6 Å². The average Bonchev–Trinajstić information content (AvgIpc) is 2.86. The van der Waals surface area contributed by atoms with Gasteiger partial charge in [-0.3, -0.25) is 4.79 Å². The van der Waals surface area contributed by atoms with Crippen molar-refractivity contribution in [3.8, 4) is 0 Å². The van der Waals surface area contributed by atoms with Crippen LogP contribution in [0.25, 0.3) is 0 Å². The fourth-order valence-corrected chi connectivity index (χ4v) is 2.52. The van der Waals surface area contributed by atoms with Crippen molar-refractivity contribution >= 4 is 5.91 Å². The maximum Gasteiger partial charge on any atom is 0.227 e. The molecule has 19 heavy (non-hydrogen) atoms. The topological polar surface area (TPSA) is 50.4 Å². The third-order valence-corrected chi connectivity index (χ3v) is 3.71. The summed E-state index contributed by atoms with van der Waals surface area (Å²) in [5, 5.41) is 6.36. The lowest BCUT2D eigenvalue weighted by atomic mass is 10.0. The van der Waals surface area contributed by atoms with Crippen LogP contribution in [-0.2, 0) is 9.53 Å². The second-order valence-electron chi connectivity index (χ2n) is 5.37.